The Bertz CT molecular complexity index is 585. The van der Waals surface area contributed by atoms with Crippen LogP contribution < -0.4 is 16.0 Å². The molecule has 2 aromatic rings. The smallest absolute Gasteiger partial charge is 0.233 e. The SMILES string of the molecule is COc1ccc2nc(SCCCCC(=O)NN)[nH]c2c1. The molecule has 0 saturated carbocycles. The van der Waals surface area contributed by atoms with Crippen LogP contribution >= 0.6 is 11.8 Å². The number of ether oxygens (including phenoxy) is 1. The Kier molecular flexibility index (Phi) is 5.25. The zero-order valence-corrected chi connectivity index (χ0v) is 12.1. The van der Waals surface area contributed by atoms with E-state index < -0.39 is 0 Å². The van der Waals surface area contributed by atoms with E-state index in [0.717, 1.165) is 40.5 Å². The molecule has 0 radical (unpaired) electrons. The van der Waals surface area contributed by atoms with Gasteiger partial charge in [-0.1, -0.05) is 11.8 Å². The van der Waals surface area contributed by atoms with Crippen molar-refractivity contribution in [2.75, 3.05) is 12.9 Å². The number of fused-ring (bicyclic) bond motifs is 1. The van der Waals surface area contributed by atoms with Crippen LogP contribution in [0, 0.1) is 0 Å². The molecule has 7 heteroatoms. The number of hydrogen-bond donors (Lipinski definition) is 3. The minimum Gasteiger partial charge on any atom is -0.497 e. The van der Waals surface area contributed by atoms with E-state index in [1.54, 1.807) is 18.9 Å². The Labute approximate surface area is 121 Å². The quantitative estimate of drug-likeness (QED) is 0.238. The lowest BCUT2D eigenvalue weighted by Gasteiger charge is -1.99. The third-order valence-electron chi connectivity index (χ3n) is 2.87. The van der Waals surface area contributed by atoms with Gasteiger partial charge in [0.15, 0.2) is 5.16 Å². The highest BCUT2D eigenvalue weighted by atomic mass is 32.2. The third-order valence-corrected chi connectivity index (χ3v) is 3.82. The van der Waals surface area contributed by atoms with Crippen LogP contribution in [0.25, 0.3) is 11.0 Å². The Morgan fingerprint density at radius 2 is 2.35 bits per heavy atom. The van der Waals surface area contributed by atoms with Crippen molar-refractivity contribution in [1.82, 2.24) is 15.4 Å². The summed E-state index contributed by atoms with van der Waals surface area (Å²) in [5, 5.41) is 0.886. The van der Waals surface area contributed by atoms with Crippen LogP contribution in [0.15, 0.2) is 23.4 Å². The molecule has 2 rings (SSSR count). The van der Waals surface area contributed by atoms with Gasteiger partial charge in [0.25, 0.3) is 0 Å². The van der Waals surface area contributed by atoms with Gasteiger partial charge in [-0.15, -0.1) is 0 Å². The summed E-state index contributed by atoms with van der Waals surface area (Å²) in [6.45, 7) is 0. The molecule has 0 spiro atoms. The molecule has 20 heavy (non-hydrogen) atoms. The average Bonchev–Trinajstić information content (AvgIpc) is 2.88. The standard InChI is InChI=1S/C13H18N4O2S/c1-19-9-5-6-10-11(8-9)16-13(15-10)20-7-3-2-4-12(18)17-14/h5-6,8H,2-4,7,14H2,1H3,(H,15,16)(H,17,18). The second-order valence-electron chi connectivity index (χ2n) is 4.30. The van der Waals surface area contributed by atoms with Crippen molar-refractivity contribution in [1.29, 1.82) is 0 Å². The van der Waals surface area contributed by atoms with Crippen molar-refractivity contribution in [3.05, 3.63) is 18.2 Å². The normalized spacial score (nSPS) is 10.7. The lowest BCUT2D eigenvalue weighted by atomic mass is 10.2. The van der Waals surface area contributed by atoms with Gasteiger partial charge in [0.2, 0.25) is 5.91 Å². The molecule has 1 aromatic carbocycles. The second kappa shape index (κ2) is 7.16. The van der Waals surface area contributed by atoms with Gasteiger partial charge in [-0.25, -0.2) is 10.8 Å². The number of carbonyl (C=O) groups is 1. The number of nitrogens with two attached hydrogens (primary N) is 1. The van der Waals surface area contributed by atoms with Crippen molar-refractivity contribution >= 4 is 28.7 Å². The first-order valence-corrected chi connectivity index (χ1v) is 7.37. The minimum absolute atomic E-state index is 0.120. The molecule has 1 heterocycles. The number of nitrogens with zero attached hydrogens (tertiary/aromatic N) is 1. The Balaban J connectivity index is 1.83. The summed E-state index contributed by atoms with van der Waals surface area (Å²) in [7, 11) is 1.64. The van der Waals surface area contributed by atoms with Gasteiger partial charge >= 0.3 is 0 Å². The first-order chi connectivity index (χ1) is 9.72. The van der Waals surface area contributed by atoms with Gasteiger partial charge < -0.3 is 9.72 Å². The summed E-state index contributed by atoms with van der Waals surface area (Å²) in [6.07, 6.45) is 2.23. The van der Waals surface area contributed by atoms with Crippen molar-refractivity contribution in [3.63, 3.8) is 0 Å². The van der Waals surface area contributed by atoms with Crippen LogP contribution in [0.5, 0.6) is 5.75 Å². The number of amides is 1. The highest BCUT2D eigenvalue weighted by Crippen LogP contribution is 2.23. The van der Waals surface area contributed by atoms with E-state index in [4.69, 9.17) is 10.6 Å². The van der Waals surface area contributed by atoms with E-state index in [0.29, 0.717) is 6.42 Å². The van der Waals surface area contributed by atoms with E-state index in [1.165, 1.54) is 0 Å². The summed E-state index contributed by atoms with van der Waals surface area (Å²) in [6, 6.07) is 5.75. The maximum Gasteiger partial charge on any atom is 0.233 e. The molecule has 0 atom stereocenters. The highest BCUT2D eigenvalue weighted by Gasteiger charge is 2.05. The topological polar surface area (TPSA) is 93.0 Å². The molecule has 0 fully saturated rings. The molecule has 0 aliphatic heterocycles. The predicted molar refractivity (Wildman–Crippen MR) is 79.6 cm³/mol. The van der Waals surface area contributed by atoms with Gasteiger partial charge in [0.1, 0.15) is 5.75 Å². The first-order valence-electron chi connectivity index (χ1n) is 6.39. The van der Waals surface area contributed by atoms with E-state index in [9.17, 15) is 4.79 Å². The Hall–Kier alpha value is -1.73. The number of benzene rings is 1. The molecule has 0 unspecified atom stereocenters. The fourth-order valence-electron chi connectivity index (χ4n) is 1.79. The number of hydrazine groups is 1. The minimum atomic E-state index is -0.120. The van der Waals surface area contributed by atoms with Gasteiger partial charge in [0.05, 0.1) is 18.1 Å². The van der Waals surface area contributed by atoms with Crippen molar-refractivity contribution in [2.24, 2.45) is 5.84 Å². The zero-order valence-electron chi connectivity index (χ0n) is 11.3. The number of methoxy groups -OCH3 is 1. The number of imidazole rings is 1. The van der Waals surface area contributed by atoms with E-state index in [-0.39, 0.29) is 5.91 Å². The summed E-state index contributed by atoms with van der Waals surface area (Å²) < 4.78 is 5.18. The lowest BCUT2D eigenvalue weighted by Crippen LogP contribution is -2.29. The fourth-order valence-corrected chi connectivity index (χ4v) is 2.68. The molecule has 0 aliphatic carbocycles. The third kappa shape index (κ3) is 3.88. The predicted octanol–water partition coefficient (Wildman–Crippen LogP) is 1.82. The van der Waals surface area contributed by atoms with Gasteiger partial charge in [-0.05, 0) is 25.0 Å². The maximum atomic E-state index is 10.9. The highest BCUT2D eigenvalue weighted by molar-refractivity contribution is 7.99. The summed E-state index contributed by atoms with van der Waals surface area (Å²) in [5.74, 6) is 6.62. The lowest BCUT2D eigenvalue weighted by molar-refractivity contribution is -0.121. The van der Waals surface area contributed by atoms with Gasteiger partial charge in [-0.2, -0.15) is 0 Å². The van der Waals surface area contributed by atoms with Crippen LogP contribution in [0.4, 0.5) is 0 Å². The summed E-state index contributed by atoms with van der Waals surface area (Å²) >= 11 is 1.65. The van der Waals surface area contributed by atoms with Crippen LogP contribution in [-0.2, 0) is 4.79 Å². The van der Waals surface area contributed by atoms with E-state index >= 15 is 0 Å². The number of nitrogens with one attached hydrogen (secondary N) is 2. The monoisotopic (exact) mass is 294 g/mol. The Morgan fingerprint density at radius 3 is 3.10 bits per heavy atom. The number of aromatic nitrogens is 2. The number of H-pyrrole nitrogens is 1. The largest absolute Gasteiger partial charge is 0.497 e. The van der Waals surface area contributed by atoms with Crippen molar-refractivity contribution in [3.8, 4) is 5.75 Å². The zero-order chi connectivity index (χ0) is 14.4. The number of hydrogen-bond acceptors (Lipinski definition) is 5. The summed E-state index contributed by atoms with van der Waals surface area (Å²) in [4.78, 5) is 18.7. The molecule has 0 saturated heterocycles. The molecular weight excluding hydrogens is 276 g/mol. The van der Waals surface area contributed by atoms with Crippen LogP contribution in [0.2, 0.25) is 0 Å². The number of thioether (sulfide) groups is 1. The van der Waals surface area contributed by atoms with Crippen LogP contribution in [0.3, 0.4) is 0 Å². The van der Waals surface area contributed by atoms with E-state index in [1.807, 2.05) is 18.2 Å². The second-order valence-corrected chi connectivity index (χ2v) is 5.38. The van der Waals surface area contributed by atoms with Crippen LogP contribution in [0.1, 0.15) is 19.3 Å². The van der Waals surface area contributed by atoms with Crippen LogP contribution in [-0.4, -0.2) is 28.7 Å². The number of unbranched alkanes of at least 4 members (excludes halogenated alkanes) is 1. The molecular formula is C13H18N4O2S. The molecule has 4 N–H and O–H groups in total. The maximum absolute atomic E-state index is 10.9. The number of aromatic amines is 1. The van der Waals surface area contributed by atoms with E-state index in [2.05, 4.69) is 15.4 Å². The number of rotatable bonds is 7. The molecule has 6 nitrogen and oxygen atoms in total. The fraction of sp³-hybridized carbons (Fsp3) is 0.385. The molecule has 0 aliphatic rings. The molecule has 1 aromatic heterocycles. The molecule has 0 bridgehead atoms. The Morgan fingerprint density at radius 1 is 1.50 bits per heavy atom. The number of carbonyl (C=O) groups excluding carboxylic acids is 1. The van der Waals surface area contributed by atoms with Crippen molar-refractivity contribution in [2.45, 2.75) is 24.4 Å². The van der Waals surface area contributed by atoms with Gasteiger partial charge in [-0.3, -0.25) is 10.2 Å². The molecule has 1 amide bonds. The molecule has 108 valence electrons. The van der Waals surface area contributed by atoms with Gasteiger partial charge in [0, 0.05) is 18.2 Å². The average molecular weight is 294 g/mol. The first kappa shape index (κ1) is 14.7. The van der Waals surface area contributed by atoms with Crippen molar-refractivity contribution < 1.29 is 9.53 Å². The summed E-state index contributed by atoms with van der Waals surface area (Å²) in [5.41, 5.74) is 4.02.